The first kappa shape index (κ1) is 21.1. The number of urea groups is 1. The molecular formula is C18H15F5N2O3. The Morgan fingerprint density at radius 3 is 2.36 bits per heavy atom. The number of nitrogens with one attached hydrogen (secondary N) is 1. The molecule has 0 aliphatic heterocycles. The number of carbonyl (C=O) groups is 2. The van der Waals surface area contributed by atoms with Crippen molar-refractivity contribution in [1.82, 2.24) is 4.90 Å². The van der Waals surface area contributed by atoms with E-state index < -0.39 is 53.2 Å². The van der Waals surface area contributed by atoms with Crippen LogP contribution in [0.25, 0.3) is 0 Å². The Morgan fingerprint density at radius 1 is 1.11 bits per heavy atom. The molecule has 0 unspecified atom stereocenters. The number of carbonyl (C=O) groups excluding carboxylic acids is 2. The van der Waals surface area contributed by atoms with E-state index in [1.165, 1.54) is 25.2 Å². The minimum absolute atomic E-state index is 0.164. The Balaban J connectivity index is 2.21. The lowest BCUT2D eigenvalue weighted by atomic mass is 10.1. The van der Waals surface area contributed by atoms with Crippen LogP contribution in [0.15, 0.2) is 36.4 Å². The molecule has 0 atom stereocenters. The van der Waals surface area contributed by atoms with Crippen LogP contribution in [0.4, 0.5) is 32.4 Å². The summed E-state index contributed by atoms with van der Waals surface area (Å²) in [7, 11) is 2.19. The number of nitrogens with zero attached hydrogens (tertiary/aromatic N) is 1. The monoisotopic (exact) mass is 402 g/mol. The molecule has 0 aromatic heterocycles. The Hall–Kier alpha value is -3.17. The second-order valence-electron chi connectivity index (χ2n) is 5.74. The van der Waals surface area contributed by atoms with Crippen LogP contribution in [0.5, 0.6) is 0 Å². The summed E-state index contributed by atoms with van der Waals surface area (Å²) in [6.45, 7) is -0.422. The standard InChI is InChI=1S/C18H15F5N2O3/c1-25(9-10-5-3-4-6-12(10)18(21,22)23)17(27)24-15-7-11(16(26)28-2)13(19)8-14(15)20/h3-8H,9H2,1-2H3,(H,24,27). The summed E-state index contributed by atoms with van der Waals surface area (Å²) < 4.78 is 71.0. The molecule has 2 amide bonds. The van der Waals surface area contributed by atoms with Crippen molar-refractivity contribution in [2.24, 2.45) is 0 Å². The Labute approximate surface area is 156 Å². The van der Waals surface area contributed by atoms with Crippen LogP contribution in [0.2, 0.25) is 0 Å². The van der Waals surface area contributed by atoms with Crippen molar-refractivity contribution in [1.29, 1.82) is 0 Å². The number of hydrogen-bond acceptors (Lipinski definition) is 3. The minimum atomic E-state index is -4.60. The number of alkyl halides is 3. The van der Waals surface area contributed by atoms with Crippen LogP contribution in [0.3, 0.4) is 0 Å². The fraction of sp³-hybridized carbons (Fsp3) is 0.222. The first-order chi connectivity index (χ1) is 13.0. The van der Waals surface area contributed by atoms with Crippen LogP contribution in [0, 0.1) is 11.6 Å². The zero-order chi connectivity index (χ0) is 21.1. The topological polar surface area (TPSA) is 58.6 Å². The molecule has 0 aliphatic carbocycles. The zero-order valence-electron chi connectivity index (χ0n) is 14.7. The maximum Gasteiger partial charge on any atom is 0.416 e. The number of esters is 1. The van der Waals surface area contributed by atoms with Gasteiger partial charge in [-0.2, -0.15) is 13.2 Å². The summed E-state index contributed by atoms with van der Waals surface area (Å²) in [6, 6.07) is 4.86. The lowest BCUT2D eigenvalue weighted by Gasteiger charge is -2.21. The van der Waals surface area contributed by atoms with E-state index in [0.717, 1.165) is 24.1 Å². The number of rotatable bonds is 4. The van der Waals surface area contributed by atoms with E-state index in [0.29, 0.717) is 6.07 Å². The van der Waals surface area contributed by atoms with Crippen molar-refractivity contribution in [3.8, 4) is 0 Å². The average molecular weight is 402 g/mol. The van der Waals surface area contributed by atoms with Gasteiger partial charge >= 0.3 is 18.2 Å². The van der Waals surface area contributed by atoms with Gasteiger partial charge in [-0.15, -0.1) is 0 Å². The van der Waals surface area contributed by atoms with Crippen molar-refractivity contribution in [2.45, 2.75) is 12.7 Å². The molecule has 0 spiro atoms. The van der Waals surface area contributed by atoms with Gasteiger partial charge in [0, 0.05) is 19.7 Å². The van der Waals surface area contributed by atoms with Gasteiger partial charge in [0.25, 0.3) is 0 Å². The third-order valence-corrected chi connectivity index (χ3v) is 3.78. The summed E-state index contributed by atoms with van der Waals surface area (Å²) in [5.41, 5.74) is -2.20. The maximum absolute atomic E-state index is 13.9. The summed E-state index contributed by atoms with van der Waals surface area (Å²) >= 11 is 0. The molecule has 150 valence electrons. The molecule has 2 rings (SSSR count). The van der Waals surface area contributed by atoms with Crippen molar-refractivity contribution in [2.75, 3.05) is 19.5 Å². The molecule has 0 fully saturated rings. The van der Waals surface area contributed by atoms with E-state index in [9.17, 15) is 31.5 Å². The molecular weight excluding hydrogens is 387 g/mol. The smallest absolute Gasteiger partial charge is 0.416 e. The van der Waals surface area contributed by atoms with Gasteiger partial charge in [-0.1, -0.05) is 18.2 Å². The second-order valence-corrected chi connectivity index (χ2v) is 5.74. The van der Waals surface area contributed by atoms with Gasteiger partial charge in [0.15, 0.2) is 0 Å². The van der Waals surface area contributed by atoms with Crippen LogP contribution in [-0.2, 0) is 17.5 Å². The Bertz CT molecular complexity index is 899. The summed E-state index contributed by atoms with van der Waals surface area (Å²) in [4.78, 5) is 24.6. The van der Waals surface area contributed by atoms with Crippen LogP contribution >= 0.6 is 0 Å². The van der Waals surface area contributed by atoms with Crippen LogP contribution < -0.4 is 5.32 Å². The number of methoxy groups -OCH3 is 1. The number of halogens is 5. The molecule has 0 aliphatic rings. The SMILES string of the molecule is COC(=O)c1cc(NC(=O)N(C)Cc2ccccc2C(F)(F)F)c(F)cc1F. The third-order valence-electron chi connectivity index (χ3n) is 3.78. The second kappa shape index (κ2) is 8.24. The van der Waals surface area contributed by atoms with Gasteiger partial charge in [0.2, 0.25) is 0 Å². The molecule has 0 bridgehead atoms. The van der Waals surface area contributed by atoms with Crippen molar-refractivity contribution in [3.05, 3.63) is 64.7 Å². The van der Waals surface area contributed by atoms with Gasteiger partial charge in [-0.05, 0) is 17.7 Å². The number of ether oxygens (including phenoxy) is 1. The molecule has 0 heterocycles. The molecule has 5 nitrogen and oxygen atoms in total. The highest BCUT2D eigenvalue weighted by Gasteiger charge is 2.33. The number of hydrogen-bond donors (Lipinski definition) is 1. The lowest BCUT2D eigenvalue weighted by molar-refractivity contribution is -0.138. The number of benzene rings is 2. The fourth-order valence-corrected chi connectivity index (χ4v) is 2.38. The Morgan fingerprint density at radius 2 is 1.75 bits per heavy atom. The molecule has 0 saturated heterocycles. The van der Waals surface area contributed by atoms with Gasteiger partial charge < -0.3 is 15.0 Å². The van der Waals surface area contributed by atoms with Crippen LogP contribution in [0.1, 0.15) is 21.5 Å². The fourth-order valence-electron chi connectivity index (χ4n) is 2.38. The van der Waals surface area contributed by atoms with Gasteiger partial charge in [0.05, 0.1) is 23.9 Å². The highest BCUT2D eigenvalue weighted by Crippen LogP contribution is 2.32. The molecule has 10 heteroatoms. The van der Waals surface area contributed by atoms with E-state index >= 15 is 0 Å². The highest BCUT2D eigenvalue weighted by atomic mass is 19.4. The average Bonchev–Trinajstić information content (AvgIpc) is 2.62. The molecule has 0 saturated carbocycles. The predicted molar refractivity (Wildman–Crippen MR) is 89.6 cm³/mol. The van der Waals surface area contributed by atoms with E-state index in [4.69, 9.17) is 0 Å². The maximum atomic E-state index is 13.9. The highest BCUT2D eigenvalue weighted by molar-refractivity contribution is 5.94. The molecule has 1 N–H and O–H groups in total. The van der Waals surface area contributed by atoms with E-state index in [1.807, 2.05) is 0 Å². The van der Waals surface area contributed by atoms with Gasteiger partial charge in [0.1, 0.15) is 11.6 Å². The molecule has 2 aromatic carbocycles. The van der Waals surface area contributed by atoms with E-state index in [2.05, 4.69) is 10.1 Å². The predicted octanol–water partition coefficient (Wildman–Crippen LogP) is 4.43. The molecule has 28 heavy (non-hydrogen) atoms. The summed E-state index contributed by atoms with van der Waals surface area (Å²) in [5.74, 6) is -3.43. The van der Waals surface area contributed by atoms with Crippen LogP contribution in [-0.4, -0.2) is 31.1 Å². The normalized spacial score (nSPS) is 11.1. The number of anilines is 1. The van der Waals surface area contributed by atoms with Crippen molar-refractivity contribution < 1.29 is 36.3 Å². The largest absolute Gasteiger partial charge is 0.465 e. The first-order valence-corrected chi connectivity index (χ1v) is 7.79. The third kappa shape index (κ3) is 4.76. The number of amides is 2. The molecule has 2 aromatic rings. The van der Waals surface area contributed by atoms with Gasteiger partial charge in [-0.3, -0.25) is 0 Å². The summed E-state index contributed by atoms with van der Waals surface area (Å²) in [5, 5.41) is 2.09. The molecule has 0 radical (unpaired) electrons. The lowest BCUT2D eigenvalue weighted by Crippen LogP contribution is -2.32. The van der Waals surface area contributed by atoms with E-state index in [1.54, 1.807) is 0 Å². The summed E-state index contributed by atoms with van der Waals surface area (Å²) in [6.07, 6.45) is -4.60. The quantitative estimate of drug-likeness (QED) is 0.608. The van der Waals surface area contributed by atoms with E-state index in [-0.39, 0.29) is 5.56 Å². The first-order valence-electron chi connectivity index (χ1n) is 7.79. The minimum Gasteiger partial charge on any atom is -0.465 e. The van der Waals surface area contributed by atoms with Crippen molar-refractivity contribution in [3.63, 3.8) is 0 Å². The zero-order valence-corrected chi connectivity index (χ0v) is 14.7. The Kier molecular flexibility index (Phi) is 6.22. The van der Waals surface area contributed by atoms with Crippen molar-refractivity contribution >= 4 is 17.7 Å². The van der Waals surface area contributed by atoms with Gasteiger partial charge in [-0.25, -0.2) is 18.4 Å².